The molecule has 1 N–H and O–H groups in total. The highest BCUT2D eigenvalue weighted by molar-refractivity contribution is 4.90. The first kappa shape index (κ1) is 9.01. The molecule has 1 aliphatic rings. The second kappa shape index (κ2) is 2.76. The van der Waals surface area contributed by atoms with Crippen LogP contribution in [0.5, 0.6) is 0 Å². The summed E-state index contributed by atoms with van der Waals surface area (Å²) in [7, 11) is 0. The van der Waals surface area contributed by atoms with Gasteiger partial charge in [0.25, 0.3) is 0 Å². The fraction of sp³-hybridized carbons (Fsp3) is 1.00. The van der Waals surface area contributed by atoms with Crippen molar-refractivity contribution in [1.29, 1.82) is 0 Å². The molecule has 0 aromatic heterocycles. The van der Waals surface area contributed by atoms with Gasteiger partial charge in [-0.3, -0.25) is 0 Å². The van der Waals surface area contributed by atoms with Crippen LogP contribution in [0.1, 0.15) is 40.5 Å². The van der Waals surface area contributed by atoms with Gasteiger partial charge in [0, 0.05) is 11.6 Å². The lowest BCUT2D eigenvalue weighted by Crippen LogP contribution is -2.42. The van der Waals surface area contributed by atoms with Crippen LogP contribution in [0.25, 0.3) is 0 Å². The monoisotopic (exact) mass is 157 g/mol. The zero-order valence-electron chi connectivity index (χ0n) is 7.96. The quantitative estimate of drug-likeness (QED) is 0.631. The molecule has 2 nitrogen and oxygen atoms in total. The van der Waals surface area contributed by atoms with E-state index in [-0.39, 0.29) is 5.54 Å². The number of hydrogen-bond donors (Lipinski definition) is 1. The predicted molar refractivity (Wildman–Crippen MR) is 45.6 cm³/mol. The van der Waals surface area contributed by atoms with Crippen molar-refractivity contribution in [3.8, 4) is 0 Å². The lowest BCUT2D eigenvalue weighted by atomic mass is 10.0. The minimum atomic E-state index is -0.00502. The summed E-state index contributed by atoms with van der Waals surface area (Å²) in [5.41, 5.74) is -0.00502. The Morgan fingerprint density at radius 2 is 2.00 bits per heavy atom. The van der Waals surface area contributed by atoms with E-state index in [0.717, 1.165) is 12.8 Å². The van der Waals surface area contributed by atoms with E-state index in [2.05, 4.69) is 27.7 Å². The zero-order chi connectivity index (χ0) is 8.65. The van der Waals surface area contributed by atoms with E-state index in [4.69, 9.17) is 0 Å². The summed E-state index contributed by atoms with van der Waals surface area (Å²) in [6.07, 6.45) is 2.23. The zero-order valence-corrected chi connectivity index (χ0v) is 7.96. The van der Waals surface area contributed by atoms with Crippen molar-refractivity contribution in [2.75, 3.05) is 0 Å². The van der Waals surface area contributed by atoms with Crippen LogP contribution in [0.15, 0.2) is 0 Å². The fourth-order valence-corrected chi connectivity index (χ4v) is 1.80. The molecule has 1 unspecified atom stereocenters. The van der Waals surface area contributed by atoms with E-state index < -0.39 is 0 Å². The van der Waals surface area contributed by atoms with Crippen LogP contribution >= 0.6 is 0 Å². The average Bonchev–Trinajstić information content (AvgIpc) is 2.09. The summed E-state index contributed by atoms with van der Waals surface area (Å²) in [5, 5.41) is 11.3. The van der Waals surface area contributed by atoms with E-state index in [1.165, 1.54) is 5.06 Å². The van der Waals surface area contributed by atoms with E-state index in [9.17, 15) is 5.21 Å². The SMILES string of the molecule is CC(C)C1CCC(C)(C)N1O. The van der Waals surface area contributed by atoms with Gasteiger partial charge < -0.3 is 5.21 Å². The van der Waals surface area contributed by atoms with Crippen molar-refractivity contribution < 1.29 is 5.21 Å². The first-order valence-corrected chi connectivity index (χ1v) is 4.43. The molecule has 0 aromatic carbocycles. The molecule has 2 heteroatoms. The first-order valence-electron chi connectivity index (χ1n) is 4.43. The van der Waals surface area contributed by atoms with Gasteiger partial charge in [-0.1, -0.05) is 13.8 Å². The third-order valence-electron chi connectivity index (χ3n) is 2.76. The lowest BCUT2D eigenvalue weighted by molar-refractivity contribution is -0.172. The molecule has 1 heterocycles. The van der Waals surface area contributed by atoms with Gasteiger partial charge in [-0.15, -0.1) is 0 Å². The van der Waals surface area contributed by atoms with Crippen molar-refractivity contribution in [1.82, 2.24) is 5.06 Å². The molecule has 0 amide bonds. The Kier molecular flexibility index (Phi) is 2.26. The maximum atomic E-state index is 9.72. The lowest BCUT2D eigenvalue weighted by Gasteiger charge is -2.31. The smallest absolute Gasteiger partial charge is 0.0408 e. The van der Waals surface area contributed by atoms with Crippen molar-refractivity contribution in [3.63, 3.8) is 0 Å². The van der Waals surface area contributed by atoms with Gasteiger partial charge >= 0.3 is 0 Å². The highest BCUT2D eigenvalue weighted by atomic mass is 16.5. The minimum absolute atomic E-state index is 0.00502. The molecular weight excluding hydrogens is 138 g/mol. The summed E-state index contributed by atoms with van der Waals surface area (Å²) in [6, 6.07) is 0.366. The summed E-state index contributed by atoms with van der Waals surface area (Å²) in [6.45, 7) is 8.51. The Morgan fingerprint density at radius 3 is 2.18 bits per heavy atom. The van der Waals surface area contributed by atoms with Crippen LogP contribution in [-0.2, 0) is 0 Å². The molecule has 11 heavy (non-hydrogen) atoms. The number of hydrogen-bond acceptors (Lipinski definition) is 2. The largest absolute Gasteiger partial charge is 0.313 e. The molecule has 1 atom stereocenters. The second-order valence-corrected chi connectivity index (χ2v) is 4.51. The molecule has 0 aliphatic carbocycles. The van der Waals surface area contributed by atoms with Crippen LogP contribution < -0.4 is 0 Å². The number of nitrogens with zero attached hydrogens (tertiary/aromatic N) is 1. The molecule has 1 fully saturated rings. The molecule has 1 saturated heterocycles. The third kappa shape index (κ3) is 1.57. The molecular formula is C9H19NO. The third-order valence-corrected chi connectivity index (χ3v) is 2.76. The normalized spacial score (nSPS) is 31.6. The Labute approximate surface area is 69.2 Å². The standard InChI is InChI=1S/C9H19NO/c1-7(2)8-5-6-9(3,4)10(8)11/h7-8,11H,5-6H2,1-4H3. The molecule has 0 radical (unpaired) electrons. The molecule has 0 spiro atoms. The van der Waals surface area contributed by atoms with Crippen LogP contribution in [0.4, 0.5) is 0 Å². The Bertz CT molecular complexity index is 142. The van der Waals surface area contributed by atoms with Crippen LogP contribution in [0, 0.1) is 5.92 Å². The summed E-state index contributed by atoms with van der Waals surface area (Å²) >= 11 is 0. The highest BCUT2D eigenvalue weighted by Gasteiger charge is 2.39. The molecule has 0 saturated carbocycles. The van der Waals surface area contributed by atoms with Gasteiger partial charge in [-0.2, -0.15) is 5.06 Å². The topological polar surface area (TPSA) is 23.5 Å². The summed E-state index contributed by atoms with van der Waals surface area (Å²) in [4.78, 5) is 0. The number of rotatable bonds is 1. The molecule has 0 bridgehead atoms. The molecule has 0 aromatic rings. The Morgan fingerprint density at radius 1 is 1.45 bits per heavy atom. The first-order chi connectivity index (χ1) is 4.95. The van der Waals surface area contributed by atoms with E-state index in [1.807, 2.05) is 0 Å². The van der Waals surface area contributed by atoms with Gasteiger partial charge in [0.2, 0.25) is 0 Å². The van der Waals surface area contributed by atoms with Crippen molar-refractivity contribution in [2.45, 2.75) is 52.1 Å². The van der Waals surface area contributed by atoms with Crippen molar-refractivity contribution in [3.05, 3.63) is 0 Å². The second-order valence-electron chi connectivity index (χ2n) is 4.51. The molecule has 1 rings (SSSR count). The minimum Gasteiger partial charge on any atom is -0.313 e. The van der Waals surface area contributed by atoms with E-state index in [1.54, 1.807) is 0 Å². The van der Waals surface area contributed by atoms with Crippen LogP contribution in [0.3, 0.4) is 0 Å². The average molecular weight is 157 g/mol. The van der Waals surface area contributed by atoms with Gasteiger partial charge in [0.1, 0.15) is 0 Å². The van der Waals surface area contributed by atoms with Crippen LogP contribution in [0.2, 0.25) is 0 Å². The van der Waals surface area contributed by atoms with Crippen LogP contribution in [-0.4, -0.2) is 21.9 Å². The van der Waals surface area contributed by atoms with E-state index >= 15 is 0 Å². The molecule has 1 aliphatic heterocycles. The van der Waals surface area contributed by atoms with Gasteiger partial charge in [-0.05, 0) is 32.6 Å². The maximum absolute atomic E-state index is 9.72. The summed E-state index contributed by atoms with van der Waals surface area (Å²) in [5.74, 6) is 0.557. The molecule has 66 valence electrons. The Hall–Kier alpha value is -0.0800. The predicted octanol–water partition coefficient (Wildman–Crippen LogP) is 2.27. The fourth-order valence-electron chi connectivity index (χ4n) is 1.80. The van der Waals surface area contributed by atoms with Gasteiger partial charge in [-0.25, -0.2) is 0 Å². The van der Waals surface area contributed by atoms with Gasteiger partial charge in [0.05, 0.1) is 0 Å². The maximum Gasteiger partial charge on any atom is 0.0408 e. The van der Waals surface area contributed by atoms with Gasteiger partial charge in [0.15, 0.2) is 0 Å². The Balaban J connectivity index is 2.63. The van der Waals surface area contributed by atoms with Crippen molar-refractivity contribution in [2.24, 2.45) is 5.92 Å². The van der Waals surface area contributed by atoms with E-state index in [0.29, 0.717) is 12.0 Å². The highest BCUT2D eigenvalue weighted by Crippen LogP contribution is 2.34. The summed E-state index contributed by atoms with van der Waals surface area (Å²) < 4.78 is 0. The van der Waals surface area contributed by atoms with Crippen molar-refractivity contribution >= 4 is 0 Å². The number of hydroxylamine groups is 2.